The fourth-order valence-electron chi connectivity index (χ4n) is 4.13. The fourth-order valence-corrected chi connectivity index (χ4v) is 4.13. The highest BCUT2D eigenvalue weighted by Crippen LogP contribution is 2.38. The summed E-state index contributed by atoms with van der Waals surface area (Å²) in [6, 6.07) is 15.1. The summed E-state index contributed by atoms with van der Waals surface area (Å²) in [5.41, 5.74) is 3.58. The van der Waals surface area contributed by atoms with Gasteiger partial charge < -0.3 is 19.8 Å². The van der Waals surface area contributed by atoms with E-state index in [0.717, 1.165) is 21.8 Å². The molecule has 0 radical (unpaired) electrons. The van der Waals surface area contributed by atoms with Gasteiger partial charge in [0.15, 0.2) is 0 Å². The van der Waals surface area contributed by atoms with Crippen LogP contribution in [0.1, 0.15) is 11.1 Å². The van der Waals surface area contributed by atoms with Gasteiger partial charge in [-0.25, -0.2) is 0 Å². The zero-order valence-corrected chi connectivity index (χ0v) is 15.9. The number of nitrogens with zero attached hydrogens (tertiary/aromatic N) is 1. The van der Waals surface area contributed by atoms with Crippen LogP contribution < -0.4 is 5.32 Å². The average molecular weight is 401 g/mol. The molecule has 2 aromatic heterocycles. The number of hydrogen-bond donors (Lipinski definition) is 4. The number of hydrogen-bond acceptors (Lipinski definition) is 4. The van der Waals surface area contributed by atoms with Crippen LogP contribution >= 0.6 is 0 Å². The van der Waals surface area contributed by atoms with E-state index >= 15 is 0 Å². The maximum absolute atomic E-state index is 12.9. The molecule has 0 bridgehead atoms. The van der Waals surface area contributed by atoms with Crippen LogP contribution in [0.5, 0.6) is 0 Å². The fraction of sp³-hybridized carbons (Fsp3) is 0.130. The lowest BCUT2D eigenvalue weighted by molar-refractivity contribution is -0.122. The Kier molecular flexibility index (Phi) is 4.27. The normalized spacial score (nSPS) is 15.4. The molecule has 4 aromatic rings. The number of aromatic nitrogens is 2. The number of aromatic amines is 1. The molecular weight excluding hydrogens is 382 g/mol. The number of fused-ring (bicyclic) bond motifs is 2. The van der Waals surface area contributed by atoms with E-state index in [2.05, 4.69) is 10.3 Å². The Morgan fingerprint density at radius 3 is 2.33 bits per heavy atom. The van der Waals surface area contributed by atoms with Crippen molar-refractivity contribution >= 4 is 44.8 Å². The number of amides is 2. The highest BCUT2D eigenvalue weighted by molar-refractivity contribution is 6.50. The predicted molar refractivity (Wildman–Crippen MR) is 113 cm³/mol. The van der Waals surface area contributed by atoms with E-state index in [1.54, 1.807) is 17.0 Å². The molecule has 7 heteroatoms. The second-order valence-corrected chi connectivity index (χ2v) is 7.33. The van der Waals surface area contributed by atoms with Crippen LogP contribution in [0, 0.1) is 0 Å². The van der Waals surface area contributed by atoms with Crippen molar-refractivity contribution in [1.29, 1.82) is 0 Å². The summed E-state index contributed by atoms with van der Waals surface area (Å²) < 4.78 is 1.79. The number of carbonyl (C=O) groups is 2. The van der Waals surface area contributed by atoms with Crippen LogP contribution in [-0.2, 0) is 16.1 Å². The van der Waals surface area contributed by atoms with Crippen molar-refractivity contribution in [2.75, 3.05) is 6.61 Å². The van der Waals surface area contributed by atoms with Gasteiger partial charge in [-0.15, -0.1) is 0 Å². The molecule has 4 N–H and O–H groups in total. The molecule has 0 unspecified atom stereocenters. The minimum atomic E-state index is -0.935. The lowest BCUT2D eigenvalue weighted by atomic mass is 9.95. The minimum absolute atomic E-state index is 0.169. The molecule has 2 aromatic carbocycles. The van der Waals surface area contributed by atoms with Gasteiger partial charge in [-0.3, -0.25) is 14.9 Å². The number of H-pyrrole nitrogens is 1. The van der Waals surface area contributed by atoms with Gasteiger partial charge in [-0.1, -0.05) is 36.4 Å². The standard InChI is InChI=1S/C23H19N3O4/c27-12-13(28)10-26-11-17(15-6-2-4-8-19(15)26)21-20(22(29)25-23(21)30)16-9-24-18-7-3-1-5-14(16)18/h1-9,11,13,24,27-28H,10,12H2,(H,25,29,30)/t13-/m0/s1. The zero-order valence-electron chi connectivity index (χ0n) is 15.9. The van der Waals surface area contributed by atoms with E-state index in [0.29, 0.717) is 22.3 Å². The topological polar surface area (TPSA) is 107 Å². The van der Waals surface area contributed by atoms with Crippen LogP contribution in [0.15, 0.2) is 60.9 Å². The Morgan fingerprint density at radius 2 is 1.57 bits per heavy atom. The van der Waals surface area contributed by atoms with Gasteiger partial charge in [0.1, 0.15) is 0 Å². The van der Waals surface area contributed by atoms with Crippen molar-refractivity contribution in [1.82, 2.24) is 14.9 Å². The van der Waals surface area contributed by atoms with Crippen LogP contribution in [-0.4, -0.2) is 44.3 Å². The van der Waals surface area contributed by atoms with Crippen molar-refractivity contribution in [3.05, 3.63) is 72.1 Å². The summed E-state index contributed by atoms with van der Waals surface area (Å²) in [7, 11) is 0. The first-order chi connectivity index (χ1) is 14.6. The van der Waals surface area contributed by atoms with Crippen LogP contribution in [0.4, 0.5) is 0 Å². The molecule has 3 heterocycles. The summed E-state index contributed by atoms with van der Waals surface area (Å²) in [6.07, 6.45) is 2.56. The van der Waals surface area contributed by atoms with Gasteiger partial charge in [0.05, 0.1) is 30.4 Å². The van der Waals surface area contributed by atoms with Crippen molar-refractivity contribution in [3.63, 3.8) is 0 Å². The number of nitrogens with one attached hydrogen (secondary N) is 2. The first-order valence-electron chi connectivity index (χ1n) is 9.62. The predicted octanol–water partition coefficient (Wildman–Crippen LogP) is 2.04. The van der Waals surface area contributed by atoms with Gasteiger partial charge in [-0.05, 0) is 12.1 Å². The molecule has 0 spiro atoms. The van der Waals surface area contributed by atoms with E-state index in [1.165, 1.54) is 0 Å². The Morgan fingerprint density at radius 1 is 0.900 bits per heavy atom. The molecule has 1 atom stereocenters. The molecule has 150 valence electrons. The lowest BCUT2D eigenvalue weighted by Crippen LogP contribution is -2.22. The number of aliphatic hydroxyl groups excluding tert-OH is 2. The molecule has 1 aliphatic heterocycles. The summed E-state index contributed by atoms with van der Waals surface area (Å²) in [6.45, 7) is -0.202. The van der Waals surface area contributed by atoms with Gasteiger partial charge in [0.2, 0.25) is 0 Å². The first kappa shape index (κ1) is 18.4. The highest BCUT2D eigenvalue weighted by Gasteiger charge is 2.35. The van der Waals surface area contributed by atoms with E-state index in [-0.39, 0.29) is 13.2 Å². The van der Waals surface area contributed by atoms with Crippen molar-refractivity contribution in [3.8, 4) is 0 Å². The molecule has 0 aliphatic carbocycles. The SMILES string of the molecule is O=C1NC(=O)C(c2cn(C[C@H](O)CO)c3ccccc23)=C1c1c[nH]c2ccccc12. The van der Waals surface area contributed by atoms with E-state index in [4.69, 9.17) is 0 Å². The smallest absolute Gasteiger partial charge is 0.259 e. The average Bonchev–Trinajstić information content (AvgIpc) is 3.41. The maximum atomic E-state index is 12.9. The third-order valence-electron chi connectivity index (χ3n) is 5.47. The third-order valence-corrected chi connectivity index (χ3v) is 5.47. The number of rotatable bonds is 5. The van der Waals surface area contributed by atoms with Crippen LogP contribution in [0.3, 0.4) is 0 Å². The highest BCUT2D eigenvalue weighted by atomic mass is 16.3. The third kappa shape index (κ3) is 2.75. The zero-order chi connectivity index (χ0) is 20.8. The van der Waals surface area contributed by atoms with Crippen molar-refractivity contribution in [2.45, 2.75) is 12.6 Å². The summed E-state index contributed by atoms with van der Waals surface area (Å²) >= 11 is 0. The van der Waals surface area contributed by atoms with Crippen LogP contribution in [0.25, 0.3) is 33.0 Å². The largest absolute Gasteiger partial charge is 0.394 e. The quantitative estimate of drug-likeness (QED) is 0.384. The van der Waals surface area contributed by atoms with Gasteiger partial charge in [-0.2, -0.15) is 0 Å². The Bertz CT molecular complexity index is 1350. The molecule has 0 saturated heterocycles. The number of benzene rings is 2. The Balaban J connectivity index is 1.78. The summed E-state index contributed by atoms with van der Waals surface area (Å²) in [5, 5.41) is 23.3. The van der Waals surface area contributed by atoms with E-state index in [9.17, 15) is 19.8 Å². The summed E-state index contributed by atoms with van der Waals surface area (Å²) in [4.78, 5) is 28.8. The Labute approximate surface area is 171 Å². The molecule has 0 saturated carbocycles. The van der Waals surface area contributed by atoms with Gasteiger partial charge in [0.25, 0.3) is 11.8 Å². The molecule has 30 heavy (non-hydrogen) atoms. The molecule has 7 nitrogen and oxygen atoms in total. The van der Waals surface area contributed by atoms with Crippen molar-refractivity contribution < 1.29 is 19.8 Å². The number of imide groups is 1. The number of aliphatic hydroxyl groups is 2. The molecule has 1 aliphatic rings. The minimum Gasteiger partial charge on any atom is -0.394 e. The van der Waals surface area contributed by atoms with Crippen molar-refractivity contribution in [2.24, 2.45) is 0 Å². The lowest BCUT2D eigenvalue weighted by Gasteiger charge is -2.09. The second kappa shape index (κ2) is 6.98. The number of carbonyl (C=O) groups excluding carboxylic acids is 2. The second-order valence-electron chi connectivity index (χ2n) is 7.33. The monoisotopic (exact) mass is 401 g/mol. The Hall–Kier alpha value is -3.68. The molecule has 5 rings (SSSR count). The van der Waals surface area contributed by atoms with E-state index in [1.807, 2.05) is 48.5 Å². The number of para-hydroxylation sites is 2. The van der Waals surface area contributed by atoms with Crippen LogP contribution in [0.2, 0.25) is 0 Å². The summed E-state index contributed by atoms with van der Waals surface area (Å²) in [5.74, 6) is -0.891. The van der Waals surface area contributed by atoms with Gasteiger partial charge >= 0.3 is 0 Å². The molecule has 0 fully saturated rings. The first-order valence-corrected chi connectivity index (χ1v) is 9.62. The maximum Gasteiger partial charge on any atom is 0.259 e. The van der Waals surface area contributed by atoms with Gasteiger partial charge in [0, 0.05) is 45.3 Å². The molecular formula is C23H19N3O4. The molecule has 2 amide bonds. The van der Waals surface area contributed by atoms with E-state index < -0.39 is 17.9 Å².